The highest BCUT2D eigenvalue weighted by Gasteiger charge is 2.26. The smallest absolute Gasteiger partial charge is 0.230 e. The van der Waals surface area contributed by atoms with Gasteiger partial charge in [0.1, 0.15) is 0 Å². The van der Waals surface area contributed by atoms with E-state index in [1.165, 1.54) is 11.8 Å². The number of amides is 1. The average Bonchev–Trinajstić information content (AvgIpc) is 2.46. The van der Waals surface area contributed by atoms with Crippen molar-refractivity contribution in [2.24, 2.45) is 0 Å². The summed E-state index contributed by atoms with van der Waals surface area (Å²) in [6.45, 7) is 3.83. The predicted molar refractivity (Wildman–Crippen MR) is 85.7 cm³/mol. The lowest BCUT2D eigenvalue weighted by Gasteiger charge is -2.30. The van der Waals surface area contributed by atoms with Gasteiger partial charge in [-0.25, -0.2) is 0 Å². The second kappa shape index (κ2) is 8.13. The van der Waals surface area contributed by atoms with Gasteiger partial charge in [0.2, 0.25) is 5.91 Å². The maximum Gasteiger partial charge on any atom is 0.230 e. The molecule has 0 aromatic heterocycles. The lowest BCUT2D eigenvalue weighted by Crippen LogP contribution is -2.51. The molecule has 0 aliphatic rings. The van der Waals surface area contributed by atoms with E-state index in [1.54, 1.807) is 18.2 Å². The van der Waals surface area contributed by atoms with Crippen molar-refractivity contribution < 1.29 is 9.90 Å². The summed E-state index contributed by atoms with van der Waals surface area (Å²) in [6.07, 6.45) is 1.38. The van der Waals surface area contributed by atoms with Crippen LogP contribution in [0.15, 0.2) is 23.1 Å². The molecule has 1 aromatic carbocycles. The third-order valence-corrected chi connectivity index (χ3v) is 5.04. The van der Waals surface area contributed by atoms with Gasteiger partial charge in [-0.1, -0.05) is 37.0 Å². The molecule has 6 heteroatoms. The number of benzene rings is 1. The Balaban J connectivity index is 2.61. The molecular weight excluding hydrogens is 317 g/mol. The number of hydrogen-bond acceptors (Lipinski definition) is 3. The molecule has 0 fully saturated rings. The summed E-state index contributed by atoms with van der Waals surface area (Å²) in [5.74, 6) is 0.116. The Kier molecular flexibility index (Phi) is 7.17. The predicted octanol–water partition coefficient (Wildman–Crippen LogP) is 3.75. The van der Waals surface area contributed by atoms with Crippen molar-refractivity contribution in [3.8, 4) is 0 Å². The fourth-order valence-corrected chi connectivity index (χ4v) is 3.05. The molecule has 1 aromatic rings. The van der Waals surface area contributed by atoms with E-state index in [4.69, 9.17) is 23.2 Å². The van der Waals surface area contributed by atoms with Crippen LogP contribution < -0.4 is 5.32 Å². The number of aliphatic hydroxyl groups excluding tert-OH is 1. The average molecular weight is 336 g/mol. The van der Waals surface area contributed by atoms with Crippen molar-refractivity contribution in [2.75, 3.05) is 12.4 Å². The molecule has 112 valence electrons. The fourth-order valence-electron chi connectivity index (χ4n) is 1.75. The normalized spacial score (nSPS) is 11.4. The first-order valence-electron chi connectivity index (χ1n) is 6.46. The Hall–Kier alpha value is -0.420. The summed E-state index contributed by atoms with van der Waals surface area (Å²) in [5, 5.41) is 13.5. The molecule has 20 heavy (non-hydrogen) atoms. The Morgan fingerprint density at radius 1 is 1.35 bits per heavy atom. The van der Waals surface area contributed by atoms with Gasteiger partial charge in [0, 0.05) is 9.92 Å². The first kappa shape index (κ1) is 17.6. The van der Waals surface area contributed by atoms with Crippen LogP contribution in [0, 0.1) is 0 Å². The molecular formula is C14H19Cl2NO2S. The minimum atomic E-state index is -0.532. The van der Waals surface area contributed by atoms with Crippen LogP contribution in [-0.4, -0.2) is 28.9 Å². The van der Waals surface area contributed by atoms with Crippen molar-refractivity contribution in [1.29, 1.82) is 0 Å². The maximum absolute atomic E-state index is 12.0. The van der Waals surface area contributed by atoms with Crippen LogP contribution in [0.2, 0.25) is 10.0 Å². The van der Waals surface area contributed by atoms with Crippen LogP contribution in [-0.2, 0) is 4.79 Å². The number of carbonyl (C=O) groups excluding carboxylic acids is 1. The summed E-state index contributed by atoms with van der Waals surface area (Å²) in [6, 6.07) is 5.15. The fraction of sp³-hybridized carbons (Fsp3) is 0.500. The lowest BCUT2D eigenvalue weighted by atomic mass is 9.94. The topological polar surface area (TPSA) is 49.3 Å². The monoisotopic (exact) mass is 335 g/mol. The van der Waals surface area contributed by atoms with Gasteiger partial charge in [-0.3, -0.25) is 4.79 Å². The van der Waals surface area contributed by atoms with Gasteiger partial charge in [-0.15, -0.1) is 11.8 Å². The van der Waals surface area contributed by atoms with Crippen molar-refractivity contribution in [3.05, 3.63) is 28.2 Å². The van der Waals surface area contributed by atoms with Gasteiger partial charge in [-0.05, 0) is 31.0 Å². The van der Waals surface area contributed by atoms with E-state index in [0.717, 1.165) is 4.90 Å². The molecule has 1 rings (SSSR count). The van der Waals surface area contributed by atoms with E-state index in [-0.39, 0.29) is 18.3 Å². The maximum atomic E-state index is 12.0. The number of hydrogen-bond donors (Lipinski definition) is 2. The molecule has 0 bridgehead atoms. The quantitative estimate of drug-likeness (QED) is 0.746. The number of thioether (sulfide) groups is 1. The van der Waals surface area contributed by atoms with Crippen molar-refractivity contribution in [1.82, 2.24) is 5.32 Å². The van der Waals surface area contributed by atoms with Gasteiger partial charge >= 0.3 is 0 Å². The molecule has 3 nitrogen and oxygen atoms in total. The molecule has 0 unspecified atom stereocenters. The number of rotatable bonds is 7. The van der Waals surface area contributed by atoms with E-state index in [0.29, 0.717) is 22.9 Å². The molecule has 0 aliphatic carbocycles. The van der Waals surface area contributed by atoms with E-state index < -0.39 is 5.54 Å². The highest BCUT2D eigenvalue weighted by Crippen LogP contribution is 2.29. The first-order valence-corrected chi connectivity index (χ1v) is 8.20. The highest BCUT2D eigenvalue weighted by molar-refractivity contribution is 8.00. The Labute approximate surface area is 134 Å². The second-order valence-corrected chi connectivity index (χ2v) is 6.42. The first-order chi connectivity index (χ1) is 9.46. The van der Waals surface area contributed by atoms with Crippen LogP contribution in [0.5, 0.6) is 0 Å². The summed E-state index contributed by atoms with van der Waals surface area (Å²) in [5.41, 5.74) is -0.532. The van der Waals surface area contributed by atoms with Crippen LogP contribution in [0.1, 0.15) is 26.7 Å². The Morgan fingerprint density at radius 3 is 2.55 bits per heavy atom. The van der Waals surface area contributed by atoms with E-state index in [2.05, 4.69) is 5.32 Å². The standard InChI is InChI=1S/C14H19Cl2NO2S/c1-3-14(4-2,9-18)17-13(19)8-20-12-7-10(15)5-6-11(12)16/h5-7,18H,3-4,8-9H2,1-2H3,(H,17,19). The molecule has 1 amide bonds. The van der Waals surface area contributed by atoms with E-state index in [9.17, 15) is 9.90 Å². The van der Waals surface area contributed by atoms with E-state index in [1.807, 2.05) is 13.8 Å². The van der Waals surface area contributed by atoms with Gasteiger partial charge in [0.25, 0.3) is 0 Å². The zero-order valence-electron chi connectivity index (χ0n) is 11.6. The SMILES string of the molecule is CCC(CC)(CO)NC(=O)CSc1cc(Cl)ccc1Cl. The van der Waals surface area contributed by atoms with Gasteiger partial charge in [0.05, 0.1) is 22.9 Å². The van der Waals surface area contributed by atoms with Crippen molar-refractivity contribution >= 4 is 40.9 Å². The number of nitrogens with one attached hydrogen (secondary N) is 1. The molecule has 0 saturated heterocycles. The Bertz CT molecular complexity index is 456. The molecule has 0 radical (unpaired) electrons. The molecule has 0 aliphatic heterocycles. The molecule has 2 N–H and O–H groups in total. The van der Waals surface area contributed by atoms with Crippen LogP contribution in [0.3, 0.4) is 0 Å². The molecule has 0 saturated carbocycles. The van der Waals surface area contributed by atoms with Crippen LogP contribution in [0.25, 0.3) is 0 Å². The van der Waals surface area contributed by atoms with Gasteiger partial charge in [-0.2, -0.15) is 0 Å². The second-order valence-electron chi connectivity index (χ2n) is 4.56. The molecule has 0 spiro atoms. The van der Waals surface area contributed by atoms with Crippen LogP contribution in [0.4, 0.5) is 0 Å². The highest BCUT2D eigenvalue weighted by atomic mass is 35.5. The van der Waals surface area contributed by atoms with Crippen LogP contribution >= 0.6 is 35.0 Å². The van der Waals surface area contributed by atoms with Crippen molar-refractivity contribution in [2.45, 2.75) is 37.1 Å². The summed E-state index contributed by atoms with van der Waals surface area (Å²) >= 11 is 13.3. The Morgan fingerprint density at radius 2 is 2.00 bits per heavy atom. The number of halogens is 2. The molecule has 0 heterocycles. The minimum Gasteiger partial charge on any atom is -0.394 e. The lowest BCUT2D eigenvalue weighted by molar-refractivity contribution is -0.121. The number of carbonyl (C=O) groups is 1. The zero-order valence-corrected chi connectivity index (χ0v) is 13.9. The summed E-state index contributed by atoms with van der Waals surface area (Å²) in [4.78, 5) is 12.8. The van der Waals surface area contributed by atoms with E-state index >= 15 is 0 Å². The number of aliphatic hydroxyl groups is 1. The third-order valence-electron chi connectivity index (χ3n) is 3.31. The van der Waals surface area contributed by atoms with Gasteiger partial charge < -0.3 is 10.4 Å². The van der Waals surface area contributed by atoms with Crippen molar-refractivity contribution in [3.63, 3.8) is 0 Å². The zero-order chi connectivity index (χ0) is 15.2. The largest absolute Gasteiger partial charge is 0.394 e. The van der Waals surface area contributed by atoms with Gasteiger partial charge in [0.15, 0.2) is 0 Å². The minimum absolute atomic E-state index is 0.0612. The summed E-state index contributed by atoms with van der Waals surface area (Å²) < 4.78 is 0. The summed E-state index contributed by atoms with van der Waals surface area (Å²) in [7, 11) is 0. The molecule has 0 atom stereocenters. The third kappa shape index (κ3) is 4.85.